The third kappa shape index (κ3) is 4.97. The van der Waals surface area contributed by atoms with Crippen molar-refractivity contribution >= 4 is 34.2 Å². The van der Waals surface area contributed by atoms with Gasteiger partial charge in [0, 0.05) is 16.5 Å². The van der Waals surface area contributed by atoms with E-state index >= 15 is 0 Å². The Kier molecular flexibility index (Phi) is 7.02. The number of thiophene rings is 1. The molecule has 0 bridgehead atoms. The fourth-order valence-electron chi connectivity index (χ4n) is 3.62. The summed E-state index contributed by atoms with van der Waals surface area (Å²) in [6, 6.07) is 10.6. The minimum Gasteiger partial charge on any atom is -0.493 e. The highest BCUT2D eigenvalue weighted by molar-refractivity contribution is 7.15. The molecule has 0 atom stereocenters. The molecule has 0 aliphatic rings. The van der Waals surface area contributed by atoms with Crippen LogP contribution in [0.3, 0.4) is 0 Å². The first kappa shape index (κ1) is 24.2. The van der Waals surface area contributed by atoms with E-state index in [0.717, 1.165) is 9.75 Å². The van der Waals surface area contributed by atoms with E-state index in [-0.39, 0.29) is 6.04 Å². The Hall–Kier alpha value is -3.92. The van der Waals surface area contributed by atoms with E-state index in [1.165, 1.54) is 7.11 Å². The number of nitrogens with zero attached hydrogens (tertiary/aromatic N) is 3. The van der Waals surface area contributed by atoms with Gasteiger partial charge in [0.15, 0.2) is 17.1 Å². The molecule has 0 saturated carbocycles. The van der Waals surface area contributed by atoms with Crippen molar-refractivity contribution in [2.24, 2.45) is 0 Å². The maximum atomic E-state index is 13.2. The second-order valence-electron chi connectivity index (χ2n) is 8.09. The van der Waals surface area contributed by atoms with E-state index in [0.29, 0.717) is 46.0 Å². The Labute approximate surface area is 207 Å². The van der Waals surface area contributed by atoms with Crippen molar-refractivity contribution in [3.05, 3.63) is 58.6 Å². The van der Waals surface area contributed by atoms with Crippen molar-refractivity contribution in [1.29, 1.82) is 0 Å². The van der Waals surface area contributed by atoms with Crippen molar-refractivity contribution in [2.45, 2.75) is 33.7 Å². The predicted molar refractivity (Wildman–Crippen MR) is 135 cm³/mol. The number of fused-ring (bicyclic) bond motifs is 1. The van der Waals surface area contributed by atoms with Gasteiger partial charge < -0.3 is 9.47 Å². The Bertz CT molecular complexity index is 1390. The summed E-state index contributed by atoms with van der Waals surface area (Å²) in [6.07, 6.45) is 1.62. The lowest BCUT2D eigenvalue weighted by atomic mass is 10.1. The van der Waals surface area contributed by atoms with Crippen LogP contribution >= 0.6 is 11.3 Å². The zero-order chi connectivity index (χ0) is 25.1. The molecular weight excluding hydrogens is 466 g/mol. The van der Waals surface area contributed by atoms with E-state index in [1.54, 1.807) is 46.5 Å². The number of amides is 2. The molecule has 0 fully saturated rings. The van der Waals surface area contributed by atoms with Crippen LogP contribution < -0.4 is 20.3 Å². The molecule has 0 saturated heterocycles. The molecule has 3 heterocycles. The summed E-state index contributed by atoms with van der Waals surface area (Å²) in [5.41, 5.74) is 6.96. The summed E-state index contributed by atoms with van der Waals surface area (Å²) in [6.45, 7) is 8.35. The first-order chi connectivity index (χ1) is 16.8. The monoisotopic (exact) mass is 493 g/mol. The number of carbonyl (C=O) groups excluding carboxylic acids is 2. The lowest BCUT2D eigenvalue weighted by molar-refractivity contribution is 0.0847. The highest BCUT2D eigenvalue weighted by atomic mass is 32.1. The number of hydrazine groups is 1. The highest BCUT2D eigenvalue weighted by Gasteiger charge is 2.20. The zero-order valence-corrected chi connectivity index (χ0v) is 21.0. The highest BCUT2D eigenvalue weighted by Crippen LogP contribution is 2.31. The number of aromatic nitrogens is 3. The lowest BCUT2D eigenvalue weighted by Gasteiger charge is -2.12. The molecule has 10 heteroatoms. The van der Waals surface area contributed by atoms with Crippen LogP contribution in [0.4, 0.5) is 0 Å². The van der Waals surface area contributed by atoms with Gasteiger partial charge >= 0.3 is 0 Å². The molecule has 4 rings (SSSR count). The number of hydrogen-bond donors (Lipinski definition) is 2. The van der Waals surface area contributed by atoms with Gasteiger partial charge in [-0.25, -0.2) is 9.67 Å². The van der Waals surface area contributed by atoms with Gasteiger partial charge in [-0.15, -0.1) is 11.3 Å². The maximum Gasteiger partial charge on any atom is 0.270 e. The Morgan fingerprint density at radius 3 is 2.51 bits per heavy atom. The third-order valence-electron chi connectivity index (χ3n) is 5.31. The van der Waals surface area contributed by atoms with Crippen LogP contribution in [0.15, 0.2) is 42.6 Å². The van der Waals surface area contributed by atoms with Gasteiger partial charge in [0.2, 0.25) is 0 Å². The van der Waals surface area contributed by atoms with Gasteiger partial charge in [0.25, 0.3) is 11.8 Å². The second kappa shape index (κ2) is 10.1. The van der Waals surface area contributed by atoms with Crippen LogP contribution in [-0.4, -0.2) is 40.3 Å². The molecule has 0 unspecified atom stereocenters. The van der Waals surface area contributed by atoms with Crippen LogP contribution in [0.25, 0.3) is 21.6 Å². The smallest absolute Gasteiger partial charge is 0.270 e. The summed E-state index contributed by atoms with van der Waals surface area (Å²) < 4.78 is 12.6. The number of methoxy groups -OCH3 is 1. The molecular formula is C25H27N5O4S. The van der Waals surface area contributed by atoms with E-state index in [4.69, 9.17) is 14.5 Å². The number of pyridine rings is 1. The van der Waals surface area contributed by atoms with Crippen LogP contribution in [0.5, 0.6) is 11.5 Å². The van der Waals surface area contributed by atoms with Crippen molar-refractivity contribution in [1.82, 2.24) is 25.6 Å². The molecule has 0 spiro atoms. The van der Waals surface area contributed by atoms with E-state index < -0.39 is 11.8 Å². The Morgan fingerprint density at radius 1 is 1.09 bits per heavy atom. The molecule has 0 radical (unpaired) electrons. The first-order valence-electron chi connectivity index (χ1n) is 11.2. The lowest BCUT2D eigenvalue weighted by Crippen LogP contribution is -2.41. The van der Waals surface area contributed by atoms with Gasteiger partial charge in [0.05, 0.1) is 41.4 Å². The molecule has 2 amide bonds. The second-order valence-corrected chi connectivity index (χ2v) is 9.38. The topological polar surface area (TPSA) is 107 Å². The molecule has 1 aromatic carbocycles. The summed E-state index contributed by atoms with van der Waals surface area (Å²) in [4.78, 5) is 32.8. The summed E-state index contributed by atoms with van der Waals surface area (Å²) >= 11 is 1.59. The van der Waals surface area contributed by atoms with E-state index in [2.05, 4.69) is 16.0 Å². The van der Waals surface area contributed by atoms with Crippen molar-refractivity contribution < 1.29 is 19.1 Å². The number of ether oxygens (including phenoxy) is 2. The molecule has 35 heavy (non-hydrogen) atoms. The van der Waals surface area contributed by atoms with Crippen molar-refractivity contribution in [3.63, 3.8) is 0 Å². The molecule has 0 aliphatic carbocycles. The quantitative estimate of drug-likeness (QED) is 0.366. The zero-order valence-electron chi connectivity index (χ0n) is 20.2. The Morgan fingerprint density at radius 2 is 1.86 bits per heavy atom. The number of aryl methyl sites for hydroxylation is 1. The van der Waals surface area contributed by atoms with Gasteiger partial charge in [-0.2, -0.15) is 5.10 Å². The summed E-state index contributed by atoms with van der Waals surface area (Å²) in [7, 11) is 1.50. The maximum absolute atomic E-state index is 13.2. The normalized spacial score (nSPS) is 11.0. The molecule has 9 nitrogen and oxygen atoms in total. The van der Waals surface area contributed by atoms with E-state index in [1.807, 2.05) is 39.8 Å². The third-order valence-corrected chi connectivity index (χ3v) is 6.33. The molecule has 4 aromatic rings. The average molecular weight is 494 g/mol. The van der Waals surface area contributed by atoms with Gasteiger partial charge in [0.1, 0.15) is 0 Å². The van der Waals surface area contributed by atoms with Crippen molar-refractivity contribution in [3.8, 4) is 22.1 Å². The van der Waals surface area contributed by atoms with Crippen LogP contribution in [-0.2, 0) is 0 Å². The number of rotatable bonds is 7. The predicted octanol–water partition coefficient (Wildman–Crippen LogP) is 4.53. The minimum absolute atomic E-state index is 0.0607. The van der Waals surface area contributed by atoms with Crippen LogP contribution in [0, 0.1) is 6.92 Å². The number of benzene rings is 1. The van der Waals surface area contributed by atoms with Crippen molar-refractivity contribution in [2.75, 3.05) is 13.7 Å². The fraction of sp³-hybridized carbons (Fsp3) is 0.280. The largest absolute Gasteiger partial charge is 0.493 e. The molecule has 3 aromatic heterocycles. The number of carbonyl (C=O) groups is 2. The number of nitrogens with one attached hydrogen (secondary N) is 2. The summed E-state index contributed by atoms with van der Waals surface area (Å²) in [5.74, 6) is 0.00499. The molecule has 2 N–H and O–H groups in total. The van der Waals surface area contributed by atoms with Gasteiger partial charge in [-0.1, -0.05) is 0 Å². The SMILES string of the molecule is CCOc1ccc(C(=O)NNC(=O)c2cc(-c3ccc(C)s3)nc3c2cnn3C(C)C)cc1OC. The molecule has 182 valence electrons. The van der Waals surface area contributed by atoms with Crippen LogP contribution in [0.2, 0.25) is 0 Å². The Balaban J connectivity index is 1.61. The standard InChI is InChI=1S/C25H27N5O4S/c1-6-34-20-9-8-16(11-21(20)33-5)24(31)28-29-25(32)17-12-19(22-10-7-15(4)35-22)27-23-18(17)13-26-30(23)14(2)3/h7-14H,6H2,1-5H3,(H,28,31)(H,29,32). The fourth-order valence-corrected chi connectivity index (χ4v) is 4.45. The number of hydrogen-bond acceptors (Lipinski definition) is 7. The van der Waals surface area contributed by atoms with Gasteiger partial charge in [-0.05, 0) is 64.1 Å². The van der Waals surface area contributed by atoms with Gasteiger partial charge in [-0.3, -0.25) is 20.4 Å². The van der Waals surface area contributed by atoms with E-state index in [9.17, 15) is 9.59 Å². The van der Waals surface area contributed by atoms with Crippen LogP contribution in [0.1, 0.15) is 52.4 Å². The average Bonchev–Trinajstić information content (AvgIpc) is 3.48. The first-order valence-corrected chi connectivity index (χ1v) is 12.0. The minimum atomic E-state index is -0.489. The summed E-state index contributed by atoms with van der Waals surface area (Å²) in [5, 5.41) is 5.03. The molecule has 0 aliphatic heterocycles.